The molecule has 0 atom stereocenters. The molecular weight excluding hydrogens is 722 g/mol. The third-order valence-electron chi connectivity index (χ3n) is 11.6. The molecule has 2 bridgehead atoms. The molecule has 8 rings (SSSR count). The number of aromatic nitrogens is 2. The first-order chi connectivity index (χ1) is 25.6. The summed E-state index contributed by atoms with van der Waals surface area (Å²) in [5, 5.41) is 13.5. The maximum atomic E-state index is 13.6. The average molecular weight is 763 g/mol. The second-order valence-electron chi connectivity index (χ2n) is 14.9. The number of aliphatic hydroxyl groups is 1. The molecular formula is C40H41ClF2N4O5S. The maximum absolute atomic E-state index is 13.6. The highest BCUT2D eigenvalue weighted by atomic mass is 35.5. The van der Waals surface area contributed by atoms with E-state index in [0.29, 0.717) is 43.2 Å². The van der Waals surface area contributed by atoms with Gasteiger partial charge < -0.3 is 24.3 Å². The number of methoxy groups -OCH3 is 1. The fraction of sp³-hybridized carbons (Fsp3) is 0.425. The molecule has 5 aromatic rings. The highest BCUT2D eigenvalue weighted by Crippen LogP contribution is 2.63. The van der Waals surface area contributed by atoms with Crippen LogP contribution in [0.1, 0.15) is 70.0 Å². The average Bonchev–Trinajstić information content (AvgIpc) is 3.93. The normalized spacial score (nSPS) is 21.1. The number of nitrogens with one attached hydrogen (secondary N) is 1. The van der Waals surface area contributed by atoms with Gasteiger partial charge in [0.15, 0.2) is 10.6 Å². The summed E-state index contributed by atoms with van der Waals surface area (Å²) < 4.78 is 42.1. The molecule has 3 aliphatic rings. The third kappa shape index (κ3) is 6.96. The molecule has 1 aliphatic heterocycles. The van der Waals surface area contributed by atoms with E-state index in [4.69, 9.17) is 25.7 Å². The minimum Gasteiger partial charge on any atom is -0.436 e. The summed E-state index contributed by atoms with van der Waals surface area (Å²) in [7, 11) is 1.82. The van der Waals surface area contributed by atoms with Crippen LogP contribution in [0.3, 0.4) is 0 Å². The van der Waals surface area contributed by atoms with Gasteiger partial charge in [-0.05, 0) is 98.6 Å². The van der Waals surface area contributed by atoms with E-state index in [-0.39, 0.29) is 28.7 Å². The fourth-order valence-electron chi connectivity index (χ4n) is 8.85. The van der Waals surface area contributed by atoms with Crippen molar-refractivity contribution in [1.29, 1.82) is 0 Å². The number of halogens is 3. The van der Waals surface area contributed by atoms with Crippen molar-refractivity contribution < 1.29 is 32.6 Å². The van der Waals surface area contributed by atoms with Gasteiger partial charge >= 0.3 is 6.61 Å². The number of thiazole rings is 1. The molecule has 0 spiro atoms. The molecule has 2 fully saturated rings. The summed E-state index contributed by atoms with van der Waals surface area (Å²) >= 11 is 8.44. The van der Waals surface area contributed by atoms with Gasteiger partial charge in [-0.2, -0.15) is 8.78 Å². The van der Waals surface area contributed by atoms with Crippen LogP contribution in [0.15, 0.2) is 52.9 Å². The van der Waals surface area contributed by atoms with Gasteiger partial charge in [-0.25, -0.2) is 9.97 Å². The Bertz CT molecular complexity index is 2180. The summed E-state index contributed by atoms with van der Waals surface area (Å²) in [6.07, 6.45) is 8.57. The molecule has 1 amide bonds. The molecule has 3 aromatic carbocycles. The molecule has 9 nitrogen and oxygen atoms in total. The Morgan fingerprint density at radius 1 is 1.09 bits per heavy atom. The number of benzene rings is 3. The van der Waals surface area contributed by atoms with Gasteiger partial charge in [0.2, 0.25) is 5.89 Å². The monoisotopic (exact) mass is 762 g/mol. The summed E-state index contributed by atoms with van der Waals surface area (Å²) in [5.41, 5.74) is 6.09. The van der Waals surface area contributed by atoms with E-state index < -0.39 is 13.2 Å². The lowest BCUT2D eigenvalue weighted by Gasteiger charge is -2.32. The van der Waals surface area contributed by atoms with Gasteiger partial charge in [-0.15, -0.1) is 11.3 Å². The van der Waals surface area contributed by atoms with Crippen LogP contribution >= 0.6 is 22.9 Å². The second-order valence-corrected chi connectivity index (χ2v) is 16.3. The molecule has 2 N–H and O–H groups in total. The molecule has 0 saturated heterocycles. The van der Waals surface area contributed by atoms with Crippen molar-refractivity contribution in [2.45, 2.75) is 71.6 Å². The van der Waals surface area contributed by atoms with Gasteiger partial charge in [-0.1, -0.05) is 35.9 Å². The summed E-state index contributed by atoms with van der Waals surface area (Å²) in [6.45, 7) is 2.03. The van der Waals surface area contributed by atoms with Crippen LogP contribution in [-0.4, -0.2) is 59.3 Å². The molecule has 53 heavy (non-hydrogen) atoms. The van der Waals surface area contributed by atoms with E-state index >= 15 is 0 Å². The number of hydrogen-bond acceptors (Lipinski definition) is 9. The van der Waals surface area contributed by atoms with E-state index in [1.807, 2.05) is 44.4 Å². The van der Waals surface area contributed by atoms with Crippen molar-refractivity contribution in [1.82, 2.24) is 14.9 Å². The number of fused-ring (bicyclic) bond motifs is 4. The number of aliphatic hydroxyl groups excluding tert-OH is 1. The number of nitrogens with zero attached hydrogens (tertiary/aromatic N) is 3. The minimum absolute atomic E-state index is 0.172. The molecule has 0 unspecified atom stereocenters. The SMILES string of the molecule is COCC12CCC(CCN3CCc4sc(C(=O)Nc5cccc(-c6cccc(-c7nc8cc(CO)c(OC(F)F)cc8o7)c6C)c5Cl)nc4C3)(CC1)C2. The lowest BCUT2D eigenvalue weighted by Crippen LogP contribution is -2.33. The first-order valence-electron chi connectivity index (χ1n) is 18.0. The number of carbonyl (C=O) groups is 1. The van der Waals surface area contributed by atoms with Crippen LogP contribution in [0.2, 0.25) is 5.02 Å². The zero-order valence-electron chi connectivity index (χ0n) is 29.6. The molecule has 2 aliphatic carbocycles. The Labute approximate surface area is 315 Å². The van der Waals surface area contributed by atoms with Crippen molar-refractivity contribution in [2.75, 3.05) is 32.1 Å². The minimum atomic E-state index is -3.05. The van der Waals surface area contributed by atoms with E-state index in [0.717, 1.165) is 49.5 Å². The standard InChI is InChI=1S/C40H41ClF2N4O5S/c1-23-25(5-3-6-26(23)36-45-29-17-24(20-48)31(52-38(42)43)18-32(29)51-36)27-7-4-8-28(34(27)41)44-35(49)37-46-30-19-47(15-9-33(30)53-37)16-14-39-10-12-40(21-39,13-11-39)22-50-2/h3-8,17-18,38,48H,9-16,19-22H2,1-2H3,(H,44,49). The molecule has 278 valence electrons. The predicted molar refractivity (Wildman–Crippen MR) is 201 cm³/mol. The van der Waals surface area contributed by atoms with Gasteiger partial charge in [-0.3, -0.25) is 9.69 Å². The van der Waals surface area contributed by atoms with E-state index in [2.05, 4.69) is 19.9 Å². The molecule has 2 aromatic heterocycles. The van der Waals surface area contributed by atoms with Gasteiger partial charge in [0.1, 0.15) is 11.3 Å². The van der Waals surface area contributed by atoms with E-state index in [9.17, 15) is 18.7 Å². The van der Waals surface area contributed by atoms with Gasteiger partial charge in [0.25, 0.3) is 5.91 Å². The lowest BCUT2D eigenvalue weighted by molar-refractivity contribution is -0.0508. The Hall–Kier alpha value is -3.94. The van der Waals surface area contributed by atoms with Crippen molar-refractivity contribution >= 4 is 45.6 Å². The number of anilines is 1. The van der Waals surface area contributed by atoms with Crippen molar-refractivity contribution in [3.8, 4) is 28.3 Å². The molecule has 13 heteroatoms. The topological polar surface area (TPSA) is 110 Å². The molecule has 3 heterocycles. The Morgan fingerprint density at radius 3 is 2.62 bits per heavy atom. The molecule has 0 radical (unpaired) electrons. The summed E-state index contributed by atoms with van der Waals surface area (Å²) in [6, 6.07) is 13.9. The Balaban J connectivity index is 0.965. The van der Waals surface area contributed by atoms with Crippen LogP contribution in [0.25, 0.3) is 33.7 Å². The highest BCUT2D eigenvalue weighted by Gasteiger charge is 2.53. The zero-order chi connectivity index (χ0) is 36.9. The number of oxazole rings is 1. The molecule has 2 saturated carbocycles. The summed E-state index contributed by atoms with van der Waals surface area (Å²) in [5.74, 6) is -0.203. The van der Waals surface area contributed by atoms with Crippen LogP contribution in [0, 0.1) is 17.8 Å². The van der Waals surface area contributed by atoms with Crippen molar-refractivity contribution in [2.24, 2.45) is 10.8 Å². The van der Waals surface area contributed by atoms with Gasteiger partial charge in [0, 0.05) is 47.8 Å². The number of rotatable bonds is 12. The van der Waals surface area contributed by atoms with Crippen molar-refractivity contribution in [3.63, 3.8) is 0 Å². The van der Waals surface area contributed by atoms with E-state index in [1.165, 1.54) is 66.9 Å². The number of carbonyl (C=O) groups excluding carboxylic acids is 1. The first-order valence-corrected chi connectivity index (χ1v) is 19.2. The van der Waals surface area contributed by atoms with E-state index in [1.54, 1.807) is 6.07 Å². The lowest BCUT2D eigenvalue weighted by atomic mass is 9.80. The van der Waals surface area contributed by atoms with Crippen LogP contribution < -0.4 is 10.1 Å². The Morgan fingerprint density at radius 2 is 1.85 bits per heavy atom. The first kappa shape index (κ1) is 36.1. The maximum Gasteiger partial charge on any atom is 0.387 e. The zero-order valence-corrected chi connectivity index (χ0v) is 31.2. The number of amides is 1. The van der Waals surface area contributed by atoms with Crippen molar-refractivity contribution in [3.05, 3.63) is 80.3 Å². The van der Waals surface area contributed by atoms with Crippen LogP contribution in [0.5, 0.6) is 5.75 Å². The Kier molecular flexibility index (Phi) is 9.78. The largest absolute Gasteiger partial charge is 0.436 e. The number of hydrogen-bond donors (Lipinski definition) is 2. The predicted octanol–water partition coefficient (Wildman–Crippen LogP) is 9.27. The number of ether oxygens (including phenoxy) is 2. The van der Waals surface area contributed by atoms with Gasteiger partial charge in [0.05, 0.1) is 29.6 Å². The highest BCUT2D eigenvalue weighted by molar-refractivity contribution is 7.13. The smallest absolute Gasteiger partial charge is 0.387 e. The summed E-state index contributed by atoms with van der Waals surface area (Å²) in [4.78, 5) is 26.6. The van der Waals surface area contributed by atoms with Crippen LogP contribution in [0.4, 0.5) is 14.5 Å². The fourth-order valence-corrected chi connectivity index (χ4v) is 10.1. The second kappa shape index (κ2) is 14.4. The van der Waals surface area contributed by atoms with Crippen LogP contribution in [-0.2, 0) is 24.3 Å². The quantitative estimate of drug-likeness (QED) is 0.130. The third-order valence-corrected chi connectivity index (χ3v) is 13.2. The number of alkyl halides is 2.